The summed E-state index contributed by atoms with van der Waals surface area (Å²) in [5.41, 5.74) is 5.14. The summed E-state index contributed by atoms with van der Waals surface area (Å²) in [6.07, 6.45) is -4.11. The van der Waals surface area contributed by atoms with Crippen molar-refractivity contribution in [2.45, 2.75) is 12.6 Å². The van der Waals surface area contributed by atoms with Crippen LogP contribution in [0.2, 0.25) is 0 Å². The van der Waals surface area contributed by atoms with Crippen LogP contribution < -0.4 is 11.1 Å². The molecule has 1 amide bonds. The third-order valence-corrected chi connectivity index (χ3v) is 1.40. The fourth-order valence-corrected chi connectivity index (χ4v) is 0.738. The molecular weight excluding hydrogens is 233 g/mol. The molecule has 0 saturated heterocycles. The Kier molecular flexibility index (Phi) is 6.18. The molecule has 88 valence electrons. The van der Waals surface area contributed by atoms with Gasteiger partial charge in [-0.2, -0.15) is 13.2 Å². The van der Waals surface area contributed by atoms with E-state index in [1.807, 2.05) is 0 Å². The van der Waals surface area contributed by atoms with Crippen LogP contribution in [0.4, 0.5) is 13.2 Å². The maximum absolute atomic E-state index is 11.6. The second kappa shape index (κ2) is 6.57. The van der Waals surface area contributed by atoms with E-state index in [1.165, 1.54) is 0 Å². The minimum atomic E-state index is -4.42. The Morgan fingerprint density at radius 3 is 2.53 bits per heavy atom. The van der Waals surface area contributed by atoms with Gasteiger partial charge in [0.15, 0.2) is 0 Å². The molecule has 0 heterocycles. The third kappa shape index (κ3) is 11.0. The maximum atomic E-state index is 11.6. The molecule has 0 aliphatic carbocycles. The number of halogens is 3. The number of thiocarbonyl (C=S) groups is 1. The average Bonchev–Trinajstić information content (AvgIpc) is 2.00. The Hall–Kier alpha value is -0.890. The highest BCUT2D eigenvalue weighted by Gasteiger charge is 2.27. The molecule has 0 aliphatic rings. The van der Waals surface area contributed by atoms with E-state index >= 15 is 0 Å². The van der Waals surface area contributed by atoms with Crippen LogP contribution in [0.1, 0.15) is 6.42 Å². The van der Waals surface area contributed by atoms with E-state index in [9.17, 15) is 18.0 Å². The van der Waals surface area contributed by atoms with Crippen LogP contribution >= 0.6 is 12.2 Å². The van der Waals surface area contributed by atoms with Crippen molar-refractivity contribution in [3.63, 3.8) is 0 Å². The first kappa shape index (κ1) is 14.1. The fraction of sp³-hybridized carbons (Fsp3) is 0.714. The zero-order chi connectivity index (χ0) is 11.9. The summed E-state index contributed by atoms with van der Waals surface area (Å²) in [4.78, 5) is 11.1. The van der Waals surface area contributed by atoms with Gasteiger partial charge in [0.25, 0.3) is 0 Å². The van der Waals surface area contributed by atoms with E-state index in [4.69, 9.17) is 5.73 Å². The van der Waals surface area contributed by atoms with Crippen molar-refractivity contribution >= 4 is 23.1 Å². The van der Waals surface area contributed by atoms with Crippen LogP contribution in [-0.2, 0) is 9.53 Å². The lowest BCUT2D eigenvalue weighted by Crippen LogP contribution is -2.31. The van der Waals surface area contributed by atoms with E-state index in [-0.39, 0.29) is 11.5 Å². The average molecular weight is 244 g/mol. The normalized spacial score (nSPS) is 11.1. The van der Waals surface area contributed by atoms with Gasteiger partial charge in [-0.25, -0.2) is 0 Å². The number of hydrogen-bond donors (Lipinski definition) is 2. The number of carbonyl (C=O) groups is 1. The first-order valence-corrected chi connectivity index (χ1v) is 4.41. The van der Waals surface area contributed by atoms with Gasteiger partial charge in [0.1, 0.15) is 13.2 Å². The predicted molar refractivity (Wildman–Crippen MR) is 51.3 cm³/mol. The van der Waals surface area contributed by atoms with Crippen LogP contribution in [0, 0.1) is 0 Å². The van der Waals surface area contributed by atoms with E-state index in [2.05, 4.69) is 22.3 Å². The maximum Gasteiger partial charge on any atom is 0.411 e. The third-order valence-electron chi connectivity index (χ3n) is 1.19. The zero-order valence-electron chi connectivity index (χ0n) is 7.76. The highest BCUT2D eigenvalue weighted by Crippen LogP contribution is 2.13. The quantitative estimate of drug-likeness (QED) is 0.662. The summed E-state index contributed by atoms with van der Waals surface area (Å²) < 4.78 is 38.8. The fourth-order valence-electron chi connectivity index (χ4n) is 0.636. The molecule has 0 aromatic carbocycles. The van der Waals surface area contributed by atoms with Crippen LogP contribution in [-0.4, -0.2) is 36.8 Å². The van der Waals surface area contributed by atoms with E-state index in [0.717, 1.165) is 0 Å². The number of ether oxygens (including phenoxy) is 1. The molecule has 0 fully saturated rings. The molecule has 0 saturated carbocycles. The summed E-state index contributed by atoms with van der Waals surface area (Å²) in [5, 5.41) is 2.30. The Morgan fingerprint density at radius 2 is 2.07 bits per heavy atom. The van der Waals surface area contributed by atoms with Gasteiger partial charge in [0.2, 0.25) is 5.91 Å². The molecule has 0 aromatic heterocycles. The van der Waals surface area contributed by atoms with E-state index < -0.39 is 25.3 Å². The Balaban J connectivity index is 3.46. The van der Waals surface area contributed by atoms with Gasteiger partial charge < -0.3 is 15.8 Å². The van der Waals surface area contributed by atoms with Crippen molar-refractivity contribution < 1.29 is 22.7 Å². The highest BCUT2D eigenvalue weighted by atomic mass is 32.1. The molecule has 0 unspecified atom stereocenters. The molecule has 0 aromatic rings. The Bertz CT molecular complexity index is 233. The lowest BCUT2D eigenvalue weighted by atomic mass is 10.4. The monoisotopic (exact) mass is 244 g/mol. The van der Waals surface area contributed by atoms with Gasteiger partial charge in [0, 0.05) is 13.0 Å². The molecule has 0 bridgehead atoms. The van der Waals surface area contributed by atoms with Crippen LogP contribution in [0.25, 0.3) is 0 Å². The van der Waals surface area contributed by atoms with Gasteiger partial charge in [-0.15, -0.1) is 0 Å². The summed E-state index contributed by atoms with van der Waals surface area (Å²) in [7, 11) is 0. The molecule has 0 aliphatic heterocycles. The first-order valence-electron chi connectivity index (χ1n) is 4.01. The van der Waals surface area contributed by atoms with E-state index in [1.54, 1.807) is 0 Å². The topological polar surface area (TPSA) is 64.3 Å². The molecule has 0 spiro atoms. The minimum Gasteiger partial charge on any atom is -0.393 e. The van der Waals surface area contributed by atoms with Crippen LogP contribution in [0.5, 0.6) is 0 Å². The van der Waals surface area contributed by atoms with Crippen molar-refractivity contribution in [2.75, 3.05) is 19.8 Å². The number of hydrogen-bond acceptors (Lipinski definition) is 3. The molecule has 0 atom stereocenters. The first-order chi connectivity index (χ1) is 6.81. The number of nitrogens with one attached hydrogen (secondary N) is 1. The molecule has 3 N–H and O–H groups in total. The minimum absolute atomic E-state index is 0.198. The van der Waals surface area contributed by atoms with Crippen molar-refractivity contribution in [3.8, 4) is 0 Å². The van der Waals surface area contributed by atoms with Gasteiger partial charge >= 0.3 is 6.18 Å². The lowest BCUT2D eigenvalue weighted by molar-refractivity contribution is -0.175. The number of amides is 1. The SMILES string of the molecule is NC(=S)CCNC(=O)COCC(F)(F)F. The Labute approximate surface area is 89.9 Å². The second-order valence-electron chi connectivity index (χ2n) is 2.67. The molecule has 0 rings (SSSR count). The van der Waals surface area contributed by atoms with Crippen molar-refractivity contribution in [2.24, 2.45) is 5.73 Å². The molecule has 8 heteroatoms. The van der Waals surface area contributed by atoms with Crippen molar-refractivity contribution in [3.05, 3.63) is 0 Å². The molecule has 0 radical (unpaired) electrons. The predicted octanol–water partition coefficient (Wildman–Crippen LogP) is 0.358. The molecule has 4 nitrogen and oxygen atoms in total. The number of nitrogens with two attached hydrogens (primary N) is 1. The van der Waals surface area contributed by atoms with E-state index in [0.29, 0.717) is 6.42 Å². The van der Waals surface area contributed by atoms with Crippen molar-refractivity contribution in [1.29, 1.82) is 0 Å². The number of alkyl halides is 3. The van der Waals surface area contributed by atoms with Gasteiger partial charge in [-0.1, -0.05) is 12.2 Å². The molecular formula is C7H11F3N2O2S. The highest BCUT2D eigenvalue weighted by molar-refractivity contribution is 7.80. The second-order valence-corrected chi connectivity index (χ2v) is 3.20. The summed E-state index contributed by atoms with van der Waals surface area (Å²) in [6.45, 7) is -1.86. The van der Waals surface area contributed by atoms with Crippen LogP contribution in [0.15, 0.2) is 0 Å². The Morgan fingerprint density at radius 1 is 1.47 bits per heavy atom. The summed E-state index contributed by atoms with van der Waals surface area (Å²) >= 11 is 4.53. The molecule has 15 heavy (non-hydrogen) atoms. The summed E-state index contributed by atoms with van der Waals surface area (Å²) in [5.74, 6) is -0.629. The summed E-state index contributed by atoms with van der Waals surface area (Å²) in [6, 6.07) is 0. The standard InChI is InChI=1S/C7H11F3N2O2S/c8-7(9,10)4-14-3-6(13)12-2-1-5(11)15/h1-4H2,(H2,11,15)(H,12,13). The van der Waals surface area contributed by atoms with Crippen LogP contribution in [0.3, 0.4) is 0 Å². The largest absolute Gasteiger partial charge is 0.411 e. The van der Waals surface area contributed by atoms with Gasteiger partial charge in [-0.05, 0) is 0 Å². The van der Waals surface area contributed by atoms with Gasteiger partial charge in [0.05, 0.1) is 4.99 Å². The zero-order valence-corrected chi connectivity index (χ0v) is 8.58. The van der Waals surface area contributed by atoms with Gasteiger partial charge in [-0.3, -0.25) is 4.79 Å². The lowest BCUT2D eigenvalue weighted by Gasteiger charge is -2.07. The number of rotatable bonds is 6. The smallest absolute Gasteiger partial charge is 0.393 e. The number of carbonyl (C=O) groups excluding carboxylic acids is 1. The van der Waals surface area contributed by atoms with Crippen molar-refractivity contribution in [1.82, 2.24) is 5.32 Å².